The zero-order valence-electron chi connectivity index (χ0n) is 11.4. The summed E-state index contributed by atoms with van der Waals surface area (Å²) in [6, 6.07) is 1.70. The molecule has 0 aromatic heterocycles. The van der Waals surface area contributed by atoms with Crippen molar-refractivity contribution in [2.45, 2.75) is 96.6 Å². The second-order valence-electron chi connectivity index (χ2n) is 5.48. The zero-order valence-corrected chi connectivity index (χ0v) is 11.4. The highest BCUT2D eigenvalue weighted by molar-refractivity contribution is 4.83. The van der Waals surface area contributed by atoms with Crippen LogP contribution in [-0.2, 0) is 0 Å². The molecule has 0 saturated carbocycles. The van der Waals surface area contributed by atoms with Gasteiger partial charge in [-0.2, -0.15) is 0 Å². The van der Waals surface area contributed by atoms with Crippen LogP contribution in [0.3, 0.4) is 0 Å². The number of unbranched alkanes of at least 4 members (excludes halogenated alkanes) is 5. The van der Waals surface area contributed by atoms with Gasteiger partial charge in [0.25, 0.3) is 0 Å². The van der Waals surface area contributed by atoms with E-state index in [2.05, 4.69) is 19.2 Å². The molecular formula is C15H31N. The molecule has 1 heterocycles. The van der Waals surface area contributed by atoms with Crippen molar-refractivity contribution in [2.24, 2.45) is 0 Å². The van der Waals surface area contributed by atoms with Gasteiger partial charge < -0.3 is 5.32 Å². The van der Waals surface area contributed by atoms with Crippen molar-refractivity contribution in [3.8, 4) is 0 Å². The Morgan fingerprint density at radius 1 is 0.750 bits per heavy atom. The van der Waals surface area contributed by atoms with Gasteiger partial charge in [-0.1, -0.05) is 58.8 Å². The summed E-state index contributed by atoms with van der Waals surface area (Å²) in [5.74, 6) is 0. The van der Waals surface area contributed by atoms with Gasteiger partial charge in [0.15, 0.2) is 0 Å². The van der Waals surface area contributed by atoms with Gasteiger partial charge in [-0.15, -0.1) is 0 Å². The van der Waals surface area contributed by atoms with Crippen LogP contribution in [0.5, 0.6) is 0 Å². The normalized spacial score (nSPS) is 25.1. The number of nitrogens with one attached hydrogen (secondary N) is 1. The Labute approximate surface area is 102 Å². The van der Waals surface area contributed by atoms with E-state index in [0.717, 1.165) is 12.1 Å². The highest BCUT2D eigenvalue weighted by Gasteiger charge is 2.22. The minimum Gasteiger partial charge on any atom is -0.311 e. The molecule has 0 bridgehead atoms. The lowest BCUT2D eigenvalue weighted by molar-refractivity contribution is 0.461. The fraction of sp³-hybridized carbons (Fsp3) is 1.00. The molecule has 16 heavy (non-hydrogen) atoms. The molecule has 1 rings (SSSR count). The third kappa shape index (κ3) is 5.89. The van der Waals surface area contributed by atoms with Crippen LogP contribution < -0.4 is 5.32 Å². The summed E-state index contributed by atoms with van der Waals surface area (Å²) in [4.78, 5) is 0. The number of rotatable bonds is 9. The maximum Gasteiger partial charge on any atom is 0.00702 e. The van der Waals surface area contributed by atoms with Crippen molar-refractivity contribution < 1.29 is 0 Å². The van der Waals surface area contributed by atoms with E-state index in [1.54, 1.807) is 0 Å². The van der Waals surface area contributed by atoms with Gasteiger partial charge in [0.2, 0.25) is 0 Å². The molecule has 1 N–H and O–H groups in total. The topological polar surface area (TPSA) is 12.0 Å². The van der Waals surface area contributed by atoms with Crippen LogP contribution in [0.4, 0.5) is 0 Å². The molecule has 2 atom stereocenters. The molecule has 0 aromatic rings. The fourth-order valence-corrected chi connectivity index (χ4v) is 2.80. The molecule has 1 aliphatic heterocycles. The Hall–Kier alpha value is -0.0400. The summed E-state index contributed by atoms with van der Waals surface area (Å²) in [7, 11) is 0. The van der Waals surface area contributed by atoms with Crippen LogP contribution in [0.15, 0.2) is 0 Å². The lowest BCUT2D eigenvalue weighted by Crippen LogP contribution is -2.29. The highest BCUT2D eigenvalue weighted by Crippen LogP contribution is 2.21. The molecule has 0 spiro atoms. The Balaban J connectivity index is 1.94. The smallest absolute Gasteiger partial charge is 0.00702 e. The number of hydrogen-bond donors (Lipinski definition) is 1. The molecule has 0 aliphatic carbocycles. The Bertz CT molecular complexity index is 156. The molecule has 1 unspecified atom stereocenters. The fourth-order valence-electron chi connectivity index (χ4n) is 2.80. The second kappa shape index (κ2) is 9.04. The summed E-state index contributed by atoms with van der Waals surface area (Å²) in [6.45, 7) is 4.58. The predicted molar refractivity (Wildman–Crippen MR) is 72.8 cm³/mol. The van der Waals surface area contributed by atoms with Crippen LogP contribution in [0.1, 0.15) is 84.5 Å². The standard InChI is InChI=1S/C15H31N/c1-3-5-7-8-9-11-15-13-12-14(16-15)10-6-4-2/h14-16H,3-13H2,1-2H3/t14-,15?/m1/s1. The van der Waals surface area contributed by atoms with Gasteiger partial charge in [0.1, 0.15) is 0 Å². The summed E-state index contributed by atoms with van der Waals surface area (Å²) < 4.78 is 0. The largest absolute Gasteiger partial charge is 0.311 e. The molecule has 0 amide bonds. The van der Waals surface area contributed by atoms with Gasteiger partial charge in [-0.3, -0.25) is 0 Å². The Morgan fingerprint density at radius 2 is 1.31 bits per heavy atom. The highest BCUT2D eigenvalue weighted by atomic mass is 15.0. The first kappa shape index (κ1) is 14.0. The van der Waals surface area contributed by atoms with Gasteiger partial charge in [0, 0.05) is 12.1 Å². The van der Waals surface area contributed by atoms with Crippen LogP contribution in [0.2, 0.25) is 0 Å². The summed E-state index contributed by atoms with van der Waals surface area (Å²) in [5.41, 5.74) is 0. The monoisotopic (exact) mass is 225 g/mol. The maximum atomic E-state index is 3.82. The molecule has 0 aromatic carbocycles. The van der Waals surface area contributed by atoms with Crippen molar-refractivity contribution in [1.82, 2.24) is 5.32 Å². The average Bonchev–Trinajstić information content (AvgIpc) is 2.74. The van der Waals surface area contributed by atoms with E-state index < -0.39 is 0 Å². The van der Waals surface area contributed by atoms with Crippen LogP contribution in [0.25, 0.3) is 0 Å². The average molecular weight is 225 g/mol. The second-order valence-corrected chi connectivity index (χ2v) is 5.48. The molecule has 1 saturated heterocycles. The minimum atomic E-state index is 0.848. The molecule has 96 valence electrons. The lowest BCUT2D eigenvalue weighted by atomic mass is 10.0. The molecule has 1 heteroatoms. The quantitative estimate of drug-likeness (QED) is 0.563. The first-order valence-electron chi connectivity index (χ1n) is 7.62. The van der Waals surface area contributed by atoms with Gasteiger partial charge in [-0.25, -0.2) is 0 Å². The van der Waals surface area contributed by atoms with Crippen LogP contribution in [-0.4, -0.2) is 12.1 Å². The van der Waals surface area contributed by atoms with Crippen molar-refractivity contribution in [1.29, 1.82) is 0 Å². The first-order valence-corrected chi connectivity index (χ1v) is 7.62. The van der Waals surface area contributed by atoms with Crippen molar-refractivity contribution in [2.75, 3.05) is 0 Å². The summed E-state index contributed by atoms with van der Waals surface area (Å²) in [5, 5.41) is 3.82. The van der Waals surface area contributed by atoms with Gasteiger partial charge >= 0.3 is 0 Å². The number of hydrogen-bond acceptors (Lipinski definition) is 1. The Kier molecular flexibility index (Phi) is 7.92. The molecule has 1 fully saturated rings. The third-order valence-electron chi connectivity index (χ3n) is 3.90. The SMILES string of the molecule is CCCCCCCC1CC[C@@H](CCCC)N1. The van der Waals surface area contributed by atoms with E-state index in [1.165, 1.54) is 70.6 Å². The van der Waals surface area contributed by atoms with Crippen LogP contribution in [0, 0.1) is 0 Å². The van der Waals surface area contributed by atoms with Crippen molar-refractivity contribution in [3.63, 3.8) is 0 Å². The third-order valence-corrected chi connectivity index (χ3v) is 3.90. The van der Waals surface area contributed by atoms with E-state index in [1.807, 2.05) is 0 Å². The first-order chi connectivity index (χ1) is 7.86. The zero-order chi connectivity index (χ0) is 11.6. The van der Waals surface area contributed by atoms with Crippen LogP contribution >= 0.6 is 0 Å². The summed E-state index contributed by atoms with van der Waals surface area (Å²) >= 11 is 0. The van der Waals surface area contributed by atoms with Crippen molar-refractivity contribution >= 4 is 0 Å². The summed E-state index contributed by atoms with van der Waals surface area (Å²) in [6.07, 6.45) is 15.6. The maximum absolute atomic E-state index is 3.82. The van der Waals surface area contributed by atoms with E-state index in [9.17, 15) is 0 Å². The molecular weight excluding hydrogens is 194 g/mol. The molecule has 1 nitrogen and oxygen atoms in total. The minimum absolute atomic E-state index is 0.848. The van der Waals surface area contributed by atoms with E-state index in [0.29, 0.717) is 0 Å². The molecule has 0 radical (unpaired) electrons. The van der Waals surface area contributed by atoms with E-state index in [4.69, 9.17) is 0 Å². The lowest BCUT2D eigenvalue weighted by Gasteiger charge is -2.13. The molecule has 1 aliphatic rings. The van der Waals surface area contributed by atoms with Crippen molar-refractivity contribution in [3.05, 3.63) is 0 Å². The van der Waals surface area contributed by atoms with Gasteiger partial charge in [0.05, 0.1) is 0 Å². The van der Waals surface area contributed by atoms with Gasteiger partial charge in [-0.05, 0) is 25.7 Å². The predicted octanol–water partition coefficient (Wildman–Crippen LogP) is 4.66. The van der Waals surface area contributed by atoms with E-state index in [-0.39, 0.29) is 0 Å². The Morgan fingerprint density at radius 3 is 1.94 bits per heavy atom. The van der Waals surface area contributed by atoms with E-state index >= 15 is 0 Å².